The molecule has 0 spiro atoms. The Labute approximate surface area is 202 Å². The summed E-state index contributed by atoms with van der Waals surface area (Å²) in [6, 6.07) is 11.5. The van der Waals surface area contributed by atoms with Gasteiger partial charge in [0.2, 0.25) is 23.5 Å². The van der Waals surface area contributed by atoms with Crippen LogP contribution in [0.25, 0.3) is 11.4 Å². The molecule has 2 aromatic carbocycles. The quantitative estimate of drug-likeness (QED) is 0.509. The summed E-state index contributed by atoms with van der Waals surface area (Å²) in [6.07, 6.45) is 1.72. The summed E-state index contributed by atoms with van der Waals surface area (Å²) in [6.45, 7) is 3.25. The minimum absolute atomic E-state index is 0.0246. The molecule has 9 nitrogen and oxygen atoms in total. The average Bonchev–Trinajstić information content (AvgIpc) is 3.34. The number of hydrogen-bond donors (Lipinski definition) is 2. The zero-order valence-electron chi connectivity index (χ0n) is 19.7. The van der Waals surface area contributed by atoms with Crippen molar-refractivity contribution in [2.24, 2.45) is 0 Å². The number of piperidine rings is 1. The molecule has 10 heteroatoms. The maximum atomic E-state index is 13.5. The number of hydrogen-bond acceptors (Lipinski definition) is 7. The zero-order valence-corrected chi connectivity index (χ0v) is 19.7. The van der Waals surface area contributed by atoms with Gasteiger partial charge in [-0.2, -0.15) is 4.98 Å². The third-order valence-corrected chi connectivity index (χ3v) is 5.82. The van der Waals surface area contributed by atoms with Crippen molar-refractivity contribution in [1.82, 2.24) is 20.4 Å². The molecule has 2 amide bonds. The summed E-state index contributed by atoms with van der Waals surface area (Å²) in [5, 5.41) is 9.42. The summed E-state index contributed by atoms with van der Waals surface area (Å²) in [7, 11) is 1.53. The topological polar surface area (TPSA) is 110 Å². The average molecular weight is 482 g/mol. The maximum Gasteiger partial charge on any atom is 0.243 e. The van der Waals surface area contributed by atoms with Crippen LogP contribution in [-0.2, 0) is 9.59 Å². The molecule has 3 aromatic rings. The third kappa shape index (κ3) is 6.42. The normalized spacial score (nSPS) is 16.0. The van der Waals surface area contributed by atoms with E-state index in [1.807, 2.05) is 24.0 Å². The Balaban J connectivity index is 1.27. The molecular weight excluding hydrogens is 453 g/mol. The van der Waals surface area contributed by atoms with Crippen LogP contribution in [0.3, 0.4) is 0 Å². The number of carbonyl (C=O) groups is 2. The fraction of sp³-hybridized carbons (Fsp3) is 0.360. The molecule has 1 saturated heterocycles. The Morgan fingerprint density at radius 3 is 2.89 bits per heavy atom. The van der Waals surface area contributed by atoms with E-state index >= 15 is 0 Å². The Bertz CT molecular complexity index is 1200. The number of benzene rings is 2. The smallest absolute Gasteiger partial charge is 0.243 e. The first-order chi connectivity index (χ1) is 16.9. The highest BCUT2D eigenvalue weighted by Crippen LogP contribution is 2.28. The molecule has 0 saturated carbocycles. The number of anilines is 1. The van der Waals surface area contributed by atoms with Crippen LogP contribution in [0.2, 0.25) is 0 Å². The van der Waals surface area contributed by atoms with Crippen molar-refractivity contribution >= 4 is 17.5 Å². The first-order valence-corrected chi connectivity index (χ1v) is 11.4. The molecule has 1 aliphatic rings. The Morgan fingerprint density at radius 1 is 1.23 bits per heavy atom. The summed E-state index contributed by atoms with van der Waals surface area (Å²) in [5.74, 6) is 0.388. The number of aryl methyl sites for hydroxylation is 1. The van der Waals surface area contributed by atoms with Gasteiger partial charge in [0.1, 0.15) is 11.6 Å². The molecule has 1 atom stereocenters. The Kier molecular flexibility index (Phi) is 7.71. The Hall–Kier alpha value is -3.79. The van der Waals surface area contributed by atoms with Gasteiger partial charge in [-0.05, 0) is 56.1 Å². The number of rotatable bonds is 8. The lowest BCUT2D eigenvalue weighted by Gasteiger charge is -2.30. The SMILES string of the molecule is COc1ccc(C)cc1NC(=O)CNC(=O)CN1CCCC(c2nc(-c3cccc(F)c3)no2)C1. The van der Waals surface area contributed by atoms with Gasteiger partial charge in [-0.1, -0.05) is 23.4 Å². The van der Waals surface area contributed by atoms with E-state index in [2.05, 4.69) is 20.8 Å². The van der Waals surface area contributed by atoms with Gasteiger partial charge in [-0.3, -0.25) is 14.5 Å². The lowest BCUT2D eigenvalue weighted by Crippen LogP contribution is -2.43. The van der Waals surface area contributed by atoms with Crippen LogP contribution in [0.15, 0.2) is 47.0 Å². The molecule has 35 heavy (non-hydrogen) atoms. The van der Waals surface area contributed by atoms with Gasteiger partial charge in [0, 0.05) is 12.1 Å². The molecule has 2 N–H and O–H groups in total. The monoisotopic (exact) mass is 481 g/mol. The van der Waals surface area contributed by atoms with Gasteiger partial charge in [0.05, 0.1) is 31.8 Å². The maximum absolute atomic E-state index is 13.5. The minimum Gasteiger partial charge on any atom is -0.495 e. The molecule has 4 rings (SSSR count). The van der Waals surface area contributed by atoms with Gasteiger partial charge >= 0.3 is 0 Å². The number of nitrogens with zero attached hydrogens (tertiary/aromatic N) is 3. The lowest BCUT2D eigenvalue weighted by molar-refractivity contribution is -0.125. The van der Waals surface area contributed by atoms with Gasteiger partial charge in [0.15, 0.2) is 0 Å². The van der Waals surface area contributed by atoms with E-state index in [0.717, 1.165) is 24.9 Å². The summed E-state index contributed by atoms with van der Waals surface area (Å²) < 4.78 is 24.2. The first-order valence-electron chi connectivity index (χ1n) is 11.4. The molecule has 1 unspecified atom stereocenters. The molecule has 1 aromatic heterocycles. The highest BCUT2D eigenvalue weighted by atomic mass is 19.1. The second-order valence-electron chi connectivity index (χ2n) is 8.57. The third-order valence-electron chi connectivity index (χ3n) is 5.82. The van der Waals surface area contributed by atoms with E-state index in [1.165, 1.54) is 19.2 Å². The summed E-state index contributed by atoms with van der Waals surface area (Å²) >= 11 is 0. The number of carbonyl (C=O) groups excluding carboxylic acids is 2. The zero-order chi connectivity index (χ0) is 24.8. The van der Waals surface area contributed by atoms with E-state index in [4.69, 9.17) is 9.26 Å². The standard InChI is InChI=1S/C25H28FN5O4/c1-16-8-9-21(34-2)20(11-16)28-22(32)13-27-23(33)15-31-10-4-6-18(14-31)25-29-24(30-35-25)17-5-3-7-19(26)12-17/h3,5,7-9,11-12,18H,4,6,10,13-15H2,1-2H3,(H,27,33)(H,28,32). The van der Waals surface area contributed by atoms with Crippen LogP contribution >= 0.6 is 0 Å². The molecule has 184 valence electrons. The van der Waals surface area contributed by atoms with Crippen molar-refractivity contribution in [3.63, 3.8) is 0 Å². The molecular formula is C25H28FN5O4. The summed E-state index contributed by atoms with van der Waals surface area (Å²) in [4.78, 5) is 31.2. The van der Waals surface area contributed by atoms with Crippen molar-refractivity contribution in [2.45, 2.75) is 25.7 Å². The predicted molar refractivity (Wildman–Crippen MR) is 127 cm³/mol. The van der Waals surface area contributed by atoms with Crippen molar-refractivity contribution < 1.29 is 23.2 Å². The highest BCUT2D eigenvalue weighted by Gasteiger charge is 2.27. The summed E-state index contributed by atoms with van der Waals surface area (Å²) in [5.41, 5.74) is 2.09. The second-order valence-corrected chi connectivity index (χ2v) is 8.57. The van der Waals surface area contributed by atoms with E-state index in [1.54, 1.807) is 18.2 Å². The number of aromatic nitrogens is 2. The van der Waals surface area contributed by atoms with Gasteiger partial charge < -0.3 is 19.9 Å². The van der Waals surface area contributed by atoms with Gasteiger partial charge in [-0.25, -0.2) is 4.39 Å². The van der Waals surface area contributed by atoms with Crippen molar-refractivity contribution in [3.05, 3.63) is 59.7 Å². The van der Waals surface area contributed by atoms with Crippen LogP contribution in [0.5, 0.6) is 5.75 Å². The van der Waals surface area contributed by atoms with Crippen LogP contribution < -0.4 is 15.4 Å². The highest BCUT2D eigenvalue weighted by molar-refractivity contribution is 5.96. The van der Waals surface area contributed by atoms with Crippen molar-refractivity contribution in [2.75, 3.05) is 38.6 Å². The van der Waals surface area contributed by atoms with Crippen LogP contribution in [0, 0.1) is 12.7 Å². The van der Waals surface area contributed by atoms with Gasteiger partial charge in [-0.15, -0.1) is 0 Å². The fourth-order valence-electron chi connectivity index (χ4n) is 4.10. The minimum atomic E-state index is -0.365. The predicted octanol–water partition coefficient (Wildman–Crippen LogP) is 3.13. The molecule has 1 aliphatic heterocycles. The molecule has 0 bridgehead atoms. The van der Waals surface area contributed by atoms with E-state index in [0.29, 0.717) is 35.3 Å². The number of likely N-dealkylation sites (tertiary alicyclic amines) is 1. The van der Waals surface area contributed by atoms with Crippen molar-refractivity contribution in [3.8, 4) is 17.1 Å². The van der Waals surface area contributed by atoms with Crippen LogP contribution in [0.1, 0.15) is 30.2 Å². The fourth-order valence-corrected chi connectivity index (χ4v) is 4.10. The molecule has 0 aliphatic carbocycles. The number of ether oxygens (including phenoxy) is 1. The molecule has 2 heterocycles. The number of nitrogens with one attached hydrogen (secondary N) is 2. The first kappa shape index (κ1) is 24.3. The number of amides is 2. The van der Waals surface area contributed by atoms with Crippen LogP contribution in [0.4, 0.5) is 10.1 Å². The molecule has 0 radical (unpaired) electrons. The largest absolute Gasteiger partial charge is 0.495 e. The van der Waals surface area contributed by atoms with Crippen LogP contribution in [-0.4, -0.2) is 60.1 Å². The van der Waals surface area contributed by atoms with E-state index < -0.39 is 0 Å². The van der Waals surface area contributed by atoms with Crippen molar-refractivity contribution in [1.29, 1.82) is 0 Å². The Morgan fingerprint density at radius 2 is 2.09 bits per heavy atom. The van der Waals surface area contributed by atoms with Gasteiger partial charge in [0.25, 0.3) is 0 Å². The second kappa shape index (κ2) is 11.1. The van der Waals surface area contributed by atoms with E-state index in [-0.39, 0.29) is 36.6 Å². The number of methoxy groups -OCH3 is 1. The lowest BCUT2D eigenvalue weighted by atomic mass is 9.98. The molecule has 1 fully saturated rings. The van der Waals surface area contributed by atoms with E-state index in [9.17, 15) is 14.0 Å². The number of halogens is 1.